The first kappa shape index (κ1) is 16.1. The lowest BCUT2D eigenvalue weighted by molar-refractivity contribution is 0.623. The smallest absolute Gasteiger partial charge is 0.113 e. The largest absolute Gasteiger partial charge is 0.344 e. The zero-order valence-electron chi connectivity index (χ0n) is 13.3. The highest BCUT2D eigenvalue weighted by atomic mass is 35.5. The summed E-state index contributed by atoms with van der Waals surface area (Å²) >= 11 is 6.00. The number of hydrogen-bond acceptors (Lipinski definition) is 1. The van der Waals surface area contributed by atoms with E-state index in [9.17, 15) is 4.21 Å². The summed E-state index contributed by atoms with van der Waals surface area (Å²) in [5, 5.41) is 1.91. The van der Waals surface area contributed by atoms with Crippen LogP contribution in [0.4, 0.5) is 5.69 Å². The van der Waals surface area contributed by atoms with Gasteiger partial charge in [-0.05, 0) is 43.7 Å². The molecule has 1 heterocycles. The first-order valence-electron chi connectivity index (χ1n) is 7.46. The second kappa shape index (κ2) is 6.38. The lowest BCUT2D eigenvalue weighted by Crippen LogP contribution is -2.02. The molecule has 120 valence electrons. The molecular weight excluding hydrogens is 328 g/mol. The second-order valence-electron chi connectivity index (χ2n) is 5.84. The van der Waals surface area contributed by atoms with Gasteiger partial charge in [0.1, 0.15) is 11.0 Å². The van der Waals surface area contributed by atoms with Crippen LogP contribution < -0.4 is 4.72 Å². The maximum Gasteiger partial charge on any atom is 0.113 e. The van der Waals surface area contributed by atoms with E-state index in [4.69, 9.17) is 11.6 Å². The molecular formula is C18H19ClN2OS. The average Bonchev–Trinajstić information content (AvgIpc) is 2.86. The molecule has 0 radical (unpaired) electrons. The summed E-state index contributed by atoms with van der Waals surface area (Å²) in [5.74, 6) is 0. The van der Waals surface area contributed by atoms with E-state index in [-0.39, 0.29) is 0 Å². The van der Waals surface area contributed by atoms with Gasteiger partial charge in [-0.15, -0.1) is 0 Å². The van der Waals surface area contributed by atoms with Gasteiger partial charge in [0.05, 0.1) is 5.52 Å². The fraction of sp³-hybridized carbons (Fsp3) is 0.222. The Morgan fingerprint density at radius 2 is 1.83 bits per heavy atom. The maximum absolute atomic E-state index is 11.4. The third-order valence-corrected chi connectivity index (χ3v) is 4.58. The fourth-order valence-corrected chi connectivity index (χ4v) is 3.35. The van der Waals surface area contributed by atoms with E-state index in [1.807, 2.05) is 30.3 Å². The molecule has 1 atom stereocenters. The van der Waals surface area contributed by atoms with E-state index in [0.29, 0.717) is 6.04 Å². The summed E-state index contributed by atoms with van der Waals surface area (Å²) in [4.78, 5) is 0. The normalized spacial score (nSPS) is 12.7. The van der Waals surface area contributed by atoms with Crippen molar-refractivity contribution in [3.63, 3.8) is 0 Å². The molecule has 3 nitrogen and oxygen atoms in total. The molecule has 0 aliphatic carbocycles. The molecule has 1 aromatic heterocycles. The SMILES string of the molecule is CC(C)n1cc(-c2ccc(Cl)cc2)c2ccc(NS(C)=O)cc21. The van der Waals surface area contributed by atoms with E-state index in [1.54, 1.807) is 6.26 Å². The van der Waals surface area contributed by atoms with Gasteiger partial charge in [0.15, 0.2) is 0 Å². The molecule has 0 fully saturated rings. The van der Waals surface area contributed by atoms with Crippen molar-refractivity contribution < 1.29 is 4.21 Å². The summed E-state index contributed by atoms with van der Waals surface area (Å²) < 4.78 is 16.6. The molecule has 5 heteroatoms. The van der Waals surface area contributed by atoms with Gasteiger partial charge in [-0.1, -0.05) is 29.8 Å². The summed E-state index contributed by atoms with van der Waals surface area (Å²) in [6.07, 6.45) is 3.80. The monoisotopic (exact) mass is 346 g/mol. The van der Waals surface area contributed by atoms with Crippen LogP contribution in [-0.2, 0) is 11.0 Å². The zero-order chi connectivity index (χ0) is 16.6. The molecule has 2 aromatic carbocycles. The molecule has 3 rings (SSSR count). The molecule has 0 aliphatic heterocycles. The number of anilines is 1. The van der Waals surface area contributed by atoms with Gasteiger partial charge in [0.25, 0.3) is 0 Å². The summed E-state index contributed by atoms with van der Waals surface area (Å²) in [7, 11) is -1.08. The molecule has 0 amide bonds. The number of aromatic nitrogens is 1. The summed E-state index contributed by atoms with van der Waals surface area (Å²) in [6.45, 7) is 4.31. The highest BCUT2D eigenvalue weighted by molar-refractivity contribution is 7.85. The Morgan fingerprint density at radius 1 is 1.13 bits per heavy atom. The Hall–Kier alpha value is -1.78. The third kappa shape index (κ3) is 3.28. The van der Waals surface area contributed by atoms with Crippen molar-refractivity contribution in [1.82, 2.24) is 4.57 Å². The van der Waals surface area contributed by atoms with Crippen molar-refractivity contribution in [1.29, 1.82) is 0 Å². The number of rotatable bonds is 4. The van der Waals surface area contributed by atoms with Gasteiger partial charge in [0.2, 0.25) is 0 Å². The predicted molar refractivity (Wildman–Crippen MR) is 100 cm³/mol. The van der Waals surface area contributed by atoms with Crippen LogP contribution in [0, 0.1) is 0 Å². The minimum Gasteiger partial charge on any atom is -0.344 e. The van der Waals surface area contributed by atoms with Crippen LogP contribution >= 0.6 is 11.6 Å². The Bertz CT molecular complexity index is 869. The molecule has 0 aliphatic rings. The van der Waals surface area contributed by atoms with Crippen LogP contribution in [0.15, 0.2) is 48.7 Å². The van der Waals surface area contributed by atoms with Crippen LogP contribution in [-0.4, -0.2) is 15.0 Å². The quantitative estimate of drug-likeness (QED) is 0.688. The molecule has 0 spiro atoms. The molecule has 0 bridgehead atoms. The van der Waals surface area contributed by atoms with Crippen molar-refractivity contribution in [3.8, 4) is 11.1 Å². The van der Waals surface area contributed by atoms with E-state index < -0.39 is 11.0 Å². The lowest BCUT2D eigenvalue weighted by Gasteiger charge is -2.10. The Labute approximate surface area is 143 Å². The molecule has 0 saturated carbocycles. The molecule has 3 aromatic rings. The number of nitrogens with one attached hydrogen (secondary N) is 1. The van der Waals surface area contributed by atoms with Crippen molar-refractivity contribution in [2.45, 2.75) is 19.9 Å². The number of hydrogen-bond donors (Lipinski definition) is 1. The minimum absolute atomic E-state index is 0.334. The number of benzene rings is 2. The Kier molecular flexibility index (Phi) is 4.46. The van der Waals surface area contributed by atoms with Crippen LogP contribution in [0.2, 0.25) is 5.02 Å². The van der Waals surface area contributed by atoms with Gasteiger partial charge in [0, 0.05) is 40.2 Å². The van der Waals surface area contributed by atoms with Crippen LogP contribution in [0.25, 0.3) is 22.0 Å². The highest BCUT2D eigenvalue weighted by Crippen LogP contribution is 2.34. The van der Waals surface area contributed by atoms with Crippen LogP contribution in [0.5, 0.6) is 0 Å². The van der Waals surface area contributed by atoms with Gasteiger partial charge in [-0.25, -0.2) is 4.21 Å². The molecule has 0 saturated heterocycles. The van der Waals surface area contributed by atoms with Gasteiger partial charge in [-0.2, -0.15) is 0 Å². The fourth-order valence-electron chi connectivity index (χ4n) is 2.77. The van der Waals surface area contributed by atoms with E-state index in [1.165, 1.54) is 10.9 Å². The Morgan fingerprint density at radius 3 is 2.43 bits per heavy atom. The Balaban J connectivity index is 2.19. The third-order valence-electron chi connectivity index (χ3n) is 3.81. The summed E-state index contributed by atoms with van der Waals surface area (Å²) in [6, 6.07) is 14.3. The maximum atomic E-state index is 11.4. The van der Waals surface area contributed by atoms with Crippen LogP contribution in [0.1, 0.15) is 19.9 Å². The number of fused-ring (bicyclic) bond motifs is 1. The first-order valence-corrected chi connectivity index (χ1v) is 9.40. The van der Waals surface area contributed by atoms with Crippen molar-refractivity contribution in [2.24, 2.45) is 0 Å². The average molecular weight is 347 g/mol. The van der Waals surface area contributed by atoms with Crippen molar-refractivity contribution >= 4 is 39.2 Å². The topological polar surface area (TPSA) is 34.0 Å². The number of nitrogens with zero attached hydrogens (tertiary/aromatic N) is 1. The zero-order valence-corrected chi connectivity index (χ0v) is 14.9. The lowest BCUT2D eigenvalue weighted by atomic mass is 10.0. The van der Waals surface area contributed by atoms with Crippen molar-refractivity contribution in [2.75, 3.05) is 11.0 Å². The summed E-state index contributed by atoms with van der Waals surface area (Å²) in [5.41, 5.74) is 4.30. The van der Waals surface area contributed by atoms with Crippen LogP contribution in [0.3, 0.4) is 0 Å². The first-order chi connectivity index (χ1) is 11.0. The van der Waals surface area contributed by atoms with E-state index in [0.717, 1.165) is 21.8 Å². The minimum atomic E-state index is -1.08. The standard InChI is InChI=1S/C18H19ClN2OS/c1-12(2)21-11-17(13-4-6-14(19)7-5-13)16-9-8-15(10-18(16)21)20-23(3)22/h4-12,20H,1-3H3. The molecule has 1 N–H and O–H groups in total. The number of halogens is 1. The second-order valence-corrected chi connectivity index (χ2v) is 7.39. The van der Waals surface area contributed by atoms with E-state index >= 15 is 0 Å². The van der Waals surface area contributed by atoms with Gasteiger partial charge in [-0.3, -0.25) is 0 Å². The predicted octanol–water partition coefficient (Wildman–Crippen LogP) is 5.25. The van der Waals surface area contributed by atoms with Gasteiger partial charge < -0.3 is 9.29 Å². The van der Waals surface area contributed by atoms with E-state index in [2.05, 4.69) is 41.5 Å². The molecule has 23 heavy (non-hydrogen) atoms. The highest BCUT2D eigenvalue weighted by Gasteiger charge is 2.13. The van der Waals surface area contributed by atoms with Gasteiger partial charge >= 0.3 is 0 Å². The van der Waals surface area contributed by atoms with Crippen molar-refractivity contribution in [3.05, 3.63) is 53.7 Å². The molecule has 1 unspecified atom stereocenters.